The molecule has 3 heterocycles. The Kier molecular flexibility index (Phi) is 4.51. The first kappa shape index (κ1) is 19.9. The second-order valence-corrected chi connectivity index (χ2v) is 8.12. The number of aromatic nitrogens is 2. The van der Waals surface area contributed by atoms with Crippen molar-refractivity contribution in [1.29, 1.82) is 0 Å². The van der Waals surface area contributed by atoms with Gasteiger partial charge in [-0.15, -0.1) is 0 Å². The van der Waals surface area contributed by atoms with Crippen LogP contribution in [0, 0.1) is 0 Å². The molecule has 2 N–H and O–H groups in total. The molecule has 1 aliphatic rings. The van der Waals surface area contributed by atoms with Crippen LogP contribution in [-0.2, 0) is 4.79 Å². The maximum Gasteiger partial charge on any atom is 0.312 e. The lowest BCUT2D eigenvalue weighted by Gasteiger charge is -2.25. The summed E-state index contributed by atoms with van der Waals surface area (Å²) < 4.78 is 13.1. The summed E-state index contributed by atoms with van der Waals surface area (Å²) in [5.74, 6) is -0.984. The molecule has 0 aliphatic carbocycles. The van der Waals surface area contributed by atoms with Gasteiger partial charge >= 0.3 is 5.97 Å². The van der Waals surface area contributed by atoms with E-state index in [0.29, 0.717) is 11.1 Å². The third kappa shape index (κ3) is 3.11. The van der Waals surface area contributed by atoms with Crippen LogP contribution >= 0.6 is 0 Å². The molecule has 8 nitrogen and oxygen atoms in total. The van der Waals surface area contributed by atoms with Gasteiger partial charge in [0.15, 0.2) is 0 Å². The van der Waals surface area contributed by atoms with Gasteiger partial charge in [0.2, 0.25) is 5.43 Å². The van der Waals surface area contributed by atoms with E-state index >= 15 is 0 Å². The molecule has 0 bridgehead atoms. The number of nitrogens with zero attached hydrogens (tertiary/aromatic N) is 2. The summed E-state index contributed by atoms with van der Waals surface area (Å²) in [6, 6.07) is 7.54. The molecule has 2 aromatic heterocycles. The zero-order valence-corrected chi connectivity index (χ0v) is 17.4. The molecular weight excluding hydrogens is 412 g/mol. The van der Waals surface area contributed by atoms with E-state index in [4.69, 9.17) is 9.15 Å². The fourth-order valence-electron chi connectivity index (χ4n) is 4.07. The second kappa shape index (κ2) is 7.26. The highest BCUT2D eigenvalue weighted by molar-refractivity contribution is 5.94. The van der Waals surface area contributed by atoms with Gasteiger partial charge in [-0.1, -0.05) is 12.1 Å². The maximum atomic E-state index is 13.3. The number of hydrogen-bond donors (Lipinski definition) is 2. The van der Waals surface area contributed by atoms with Crippen LogP contribution in [-0.4, -0.2) is 26.0 Å². The third-order valence-corrected chi connectivity index (χ3v) is 5.70. The number of phenolic OH excluding ortho intramolecular Hbond substituents is 2. The fourth-order valence-corrected chi connectivity index (χ4v) is 4.07. The van der Waals surface area contributed by atoms with Gasteiger partial charge in [0.05, 0.1) is 18.2 Å². The normalized spacial score (nSPS) is 15.7. The van der Waals surface area contributed by atoms with E-state index in [1.165, 1.54) is 24.5 Å². The molecule has 0 amide bonds. The minimum atomic E-state index is -0.443. The molecule has 0 spiro atoms. The van der Waals surface area contributed by atoms with Crippen molar-refractivity contribution < 1.29 is 24.2 Å². The predicted octanol–water partition coefficient (Wildman–Crippen LogP) is 4.09. The number of fused-ring (bicyclic) bond motifs is 3. The number of ether oxygens (including phenoxy) is 1. The summed E-state index contributed by atoms with van der Waals surface area (Å²) in [4.78, 5) is 25.6. The monoisotopic (exact) mass is 432 g/mol. The van der Waals surface area contributed by atoms with Crippen molar-refractivity contribution in [3.8, 4) is 28.4 Å². The van der Waals surface area contributed by atoms with E-state index < -0.39 is 17.3 Å². The Morgan fingerprint density at radius 2 is 1.91 bits per heavy atom. The average molecular weight is 432 g/mol. The minimum Gasteiger partial charge on any atom is -0.508 e. The summed E-state index contributed by atoms with van der Waals surface area (Å²) in [6.07, 6.45) is 4.93. The van der Waals surface area contributed by atoms with Gasteiger partial charge in [0, 0.05) is 29.8 Å². The number of hydrogen-bond acceptors (Lipinski definition) is 7. The summed E-state index contributed by atoms with van der Waals surface area (Å²) in [7, 11) is 0. The van der Waals surface area contributed by atoms with E-state index in [0.717, 1.165) is 5.56 Å². The highest BCUT2D eigenvalue weighted by Gasteiger charge is 2.34. The van der Waals surface area contributed by atoms with E-state index in [9.17, 15) is 19.8 Å². The molecule has 1 aliphatic heterocycles. The average Bonchev–Trinajstić information content (AvgIpc) is 3.24. The number of carbonyl (C=O) groups is 1. The molecule has 32 heavy (non-hydrogen) atoms. The molecular formula is C24H20N2O6. The maximum absolute atomic E-state index is 13.3. The molecule has 8 heteroatoms. The first-order valence-electron chi connectivity index (χ1n) is 10.2. The molecule has 0 fully saturated rings. The summed E-state index contributed by atoms with van der Waals surface area (Å²) in [5, 5.41) is 24.5. The Bertz CT molecular complexity index is 1420. The van der Waals surface area contributed by atoms with Crippen LogP contribution in [0.4, 0.5) is 0 Å². The van der Waals surface area contributed by atoms with Gasteiger partial charge in [0.1, 0.15) is 34.5 Å². The minimum absolute atomic E-state index is 0.00789. The Hall–Kier alpha value is -4.07. The smallest absolute Gasteiger partial charge is 0.312 e. The Labute approximate surface area is 182 Å². The largest absolute Gasteiger partial charge is 0.508 e. The van der Waals surface area contributed by atoms with Gasteiger partial charge in [-0.3, -0.25) is 14.3 Å². The summed E-state index contributed by atoms with van der Waals surface area (Å²) >= 11 is 0. The standard InChI is InChI=1S/C24H20N2O6/c1-12(2)26-10-14(9-25-26)16-7-20(29)32-19-8-18(28)22-23(30)17(11-31-24(22)21(16)19)13-3-5-15(27)6-4-13/h3-6,8-12,16,27-28H,7H2,1-2H3/t16-/m0/s1. The van der Waals surface area contributed by atoms with Crippen LogP contribution in [0.5, 0.6) is 17.2 Å². The molecule has 162 valence electrons. The van der Waals surface area contributed by atoms with Crippen molar-refractivity contribution in [1.82, 2.24) is 9.78 Å². The predicted molar refractivity (Wildman–Crippen MR) is 116 cm³/mol. The van der Waals surface area contributed by atoms with Crippen molar-refractivity contribution in [3.63, 3.8) is 0 Å². The van der Waals surface area contributed by atoms with Gasteiger partial charge in [-0.05, 0) is 37.1 Å². The number of benzene rings is 2. The lowest BCUT2D eigenvalue weighted by molar-refractivity contribution is -0.135. The highest BCUT2D eigenvalue weighted by Crippen LogP contribution is 2.45. The first-order valence-corrected chi connectivity index (χ1v) is 10.2. The summed E-state index contributed by atoms with van der Waals surface area (Å²) in [6.45, 7) is 3.99. The number of aromatic hydroxyl groups is 2. The zero-order chi connectivity index (χ0) is 22.6. The van der Waals surface area contributed by atoms with Crippen molar-refractivity contribution in [2.75, 3.05) is 0 Å². The molecule has 0 saturated carbocycles. The molecule has 0 saturated heterocycles. The van der Waals surface area contributed by atoms with Crippen LogP contribution < -0.4 is 10.2 Å². The molecule has 5 rings (SSSR count). The third-order valence-electron chi connectivity index (χ3n) is 5.70. The number of carbonyl (C=O) groups excluding carboxylic acids is 1. The van der Waals surface area contributed by atoms with Gasteiger partial charge in [0.25, 0.3) is 0 Å². The number of phenols is 2. The Morgan fingerprint density at radius 1 is 1.16 bits per heavy atom. The lowest BCUT2D eigenvalue weighted by atomic mass is 9.86. The second-order valence-electron chi connectivity index (χ2n) is 8.12. The Balaban J connectivity index is 1.74. The van der Waals surface area contributed by atoms with E-state index in [-0.39, 0.29) is 46.2 Å². The van der Waals surface area contributed by atoms with Crippen molar-refractivity contribution in [2.45, 2.75) is 32.2 Å². The van der Waals surface area contributed by atoms with Crippen LogP contribution in [0.25, 0.3) is 22.1 Å². The fraction of sp³-hybridized carbons (Fsp3) is 0.208. The number of rotatable bonds is 3. The van der Waals surface area contributed by atoms with Gasteiger partial charge in [-0.25, -0.2) is 0 Å². The van der Waals surface area contributed by atoms with Crippen molar-refractivity contribution >= 4 is 16.9 Å². The number of esters is 1. The summed E-state index contributed by atoms with van der Waals surface area (Å²) in [5.41, 5.74) is 1.83. The van der Waals surface area contributed by atoms with Gasteiger partial charge in [-0.2, -0.15) is 5.10 Å². The van der Waals surface area contributed by atoms with Crippen LogP contribution in [0.3, 0.4) is 0 Å². The van der Waals surface area contributed by atoms with Crippen molar-refractivity contribution in [2.24, 2.45) is 0 Å². The van der Waals surface area contributed by atoms with Crippen LogP contribution in [0.2, 0.25) is 0 Å². The molecule has 0 radical (unpaired) electrons. The van der Waals surface area contributed by atoms with E-state index in [2.05, 4.69) is 5.10 Å². The quantitative estimate of drug-likeness (QED) is 0.370. The van der Waals surface area contributed by atoms with Crippen molar-refractivity contribution in [3.05, 3.63) is 70.3 Å². The SMILES string of the molecule is CC(C)n1cc([C@@H]2CC(=O)Oc3cc(O)c4c(=O)c(-c5ccc(O)cc5)coc4c32)cn1. The Morgan fingerprint density at radius 3 is 2.59 bits per heavy atom. The lowest BCUT2D eigenvalue weighted by Crippen LogP contribution is -2.22. The van der Waals surface area contributed by atoms with Crippen LogP contribution in [0.15, 0.2) is 58.2 Å². The topological polar surface area (TPSA) is 115 Å². The molecule has 1 atom stereocenters. The molecule has 0 unspecified atom stereocenters. The molecule has 4 aromatic rings. The zero-order valence-electron chi connectivity index (χ0n) is 17.4. The molecule has 2 aromatic carbocycles. The van der Waals surface area contributed by atoms with Gasteiger partial charge < -0.3 is 19.4 Å². The van der Waals surface area contributed by atoms with E-state index in [1.54, 1.807) is 23.0 Å². The van der Waals surface area contributed by atoms with E-state index in [1.807, 2.05) is 20.0 Å². The first-order chi connectivity index (χ1) is 15.3. The highest BCUT2D eigenvalue weighted by atomic mass is 16.5. The van der Waals surface area contributed by atoms with Crippen LogP contribution in [0.1, 0.15) is 43.4 Å².